The Morgan fingerprint density at radius 3 is 2.77 bits per heavy atom. The Morgan fingerprint density at radius 2 is 2.04 bits per heavy atom. The smallest absolute Gasteiger partial charge is 0.225 e. The van der Waals surface area contributed by atoms with Gasteiger partial charge in [-0.05, 0) is 63.7 Å². The highest BCUT2D eigenvalue weighted by Crippen LogP contribution is 2.21. The maximum absolute atomic E-state index is 4.66. The number of pyridine rings is 1. The van der Waals surface area contributed by atoms with Crippen LogP contribution in [0.4, 0.5) is 11.8 Å². The van der Waals surface area contributed by atoms with Crippen LogP contribution >= 0.6 is 0 Å². The number of aromatic nitrogens is 3. The summed E-state index contributed by atoms with van der Waals surface area (Å²) in [6, 6.07) is 8.20. The Balaban J connectivity index is 1.71. The molecule has 0 aliphatic carbocycles. The number of nitrogens with zero attached hydrogens (tertiary/aromatic N) is 3. The second kappa shape index (κ2) is 9.48. The summed E-state index contributed by atoms with van der Waals surface area (Å²) in [5.41, 5.74) is 1.71. The molecule has 1 saturated heterocycles. The molecule has 2 aromatic heterocycles. The van der Waals surface area contributed by atoms with Gasteiger partial charge in [0, 0.05) is 24.8 Å². The summed E-state index contributed by atoms with van der Waals surface area (Å²) in [6.07, 6.45) is 6.54. The molecule has 0 aromatic carbocycles. The highest BCUT2D eigenvalue weighted by Gasteiger charge is 2.13. The molecule has 0 spiro atoms. The summed E-state index contributed by atoms with van der Waals surface area (Å²) in [5, 5.41) is 10.3. The van der Waals surface area contributed by atoms with Crippen molar-refractivity contribution in [2.45, 2.75) is 45.6 Å². The van der Waals surface area contributed by atoms with Gasteiger partial charge in [-0.25, -0.2) is 4.98 Å². The molecule has 3 rings (SSSR count). The molecule has 6 nitrogen and oxygen atoms in total. The molecule has 3 heterocycles. The van der Waals surface area contributed by atoms with E-state index in [4.69, 9.17) is 0 Å². The van der Waals surface area contributed by atoms with Crippen LogP contribution in [0.1, 0.15) is 39.5 Å². The van der Waals surface area contributed by atoms with E-state index in [2.05, 4.69) is 44.7 Å². The molecule has 1 atom stereocenters. The molecule has 0 bridgehead atoms. The van der Waals surface area contributed by atoms with Gasteiger partial charge in [0.1, 0.15) is 5.82 Å². The first-order valence-corrected chi connectivity index (χ1v) is 9.76. The van der Waals surface area contributed by atoms with Gasteiger partial charge in [-0.3, -0.25) is 4.98 Å². The van der Waals surface area contributed by atoms with E-state index >= 15 is 0 Å². The average Bonchev–Trinajstić information content (AvgIpc) is 2.69. The molecule has 1 aliphatic rings. The Labute approximate surface area is 156 Å². The number of hydrogen-bond acceptors (Lipinski definition) is 6. The van der Waals surface area contributed by atoms with Gasteiger partial charge >= 0.3 is 0 Å². The molecular formula is C20H30N6. The summed E-state index contributed by atoms with van der Waals surface area (Å²) in [4.78, 5) is 13.7. The highest BCUT2D eigenvalue weighted by atomic mass is 15.2. The SMILES string of the molecule is CC[C@H](C)Nc1nc(NCCC2CCNCC2)cc(-c2ccccn2)n1. The van der Waals surface area contributed by atoms with Crippen LogP contribution in [0.2, 0.25) is 0 Å². The van der Waals surface area contributed by atoms with Crippen molar-refractivity contribution in [1.82, 2.24) is 20.3 Å². The lowest BCUT2D eigenvalue weighted by Gasteiger charge is -2.22. The van der Waals surface area contributed by atoms with Gasteiger partial charge < -0.3 is 16.0 Å². The van der Waals surface area contributed by atoms with E-state index in [1.54, 1.807) is 6.20 Å². The average molecular weight is 355 g/mol. The van der Waals surface area contributed by atoms with Crippen molar-refractivity contribution >= 4 is 11.8 Å². The quantitative estimate of drug-likeness (QED) is 0.673. The zero-order valence-electron chi connectivity index (χ0n) is 15.8. The van der Waals surface area contributed by atoms with Crippen LogP contribution < -0.4 is 16.0 Å². The largest absolute Gasteiger partial charge is 0.370 e. The third-order valence-corrected chi connectivity index (χ3v) is 4.96. The zero-order chi connectivity index (χ0) is 18.2. The first-order chi connectivity index (χ1) is 12.7. The van der Waals surface area contributed by atoms with E-state index in [1.165, 1.54) is 19.3 Å². The third kappa shape index (κ3) is 5.39. The molecule has 140 valence electrons. The van der Waals surface area contributed by atoms with E-state index in [-0.39, 0.29) is 0 Å². The van der Waals surface area contributed by atoms with E-state index in [9.17, 15) is 0 Å². The summed E-state index contributed by atoms with van der Waals surface area (Å²) in [6.45, 7) is 7.52. The minimum atomic E-state index is 0.330. The molecule has 0 saturated carbocycles. The predicted molar refractivity (Wildman–Crippen MR) is 107 cm³/mol. The molecule has 1 fully saturated rings. The molecule has 0 unspecified atom stereocenters. The van der Waals surface area contributed by atoms with Gasteiger partial charge in [0.05, 0.1) is 11.4 Å². The minimum absolute atomic E-state index is 0.330. The van der Waals surface area contributed by atoms with Crippen molar-refractivity contribution < 1.29 is 0 Å². The second-order valence-corrected chi connectivity index (χ2v) is 7.04. The lowest BCUT2D eigenvalue weighted by Crippen LogP contribution is -2.28. The topological polar surface area (TPSA) is 74.8 Å². The number of anilines is 2. The van der Waals surface area contributed by atoms with Gasteiger partial charge in [0.25, 0.3) is 0 Å². The van der Waals surface area contributed by atoms with Gasteiger partial charge in [0.2, 0.25) is 5.95 Å². The number of rotatable bonds is 8. The second-order valence-electron chi connectivity index (χ2n) is 7.04. The number of piperidine rings is 1. The fourth-order valence-corrected chi connectivity index (χ4v) is 3.15. The van der Waals surface area contributed by atoms with Crippen molar-refractivity contribution in [2.75, 3.05) is 30.3 Å². The Morgan fingerprint density at radius 1 is 1.19 bits per heavy atom. The van der Waals surface area contributed by atoms with Crippen LogP contribution in [0.25, 0.3) is 11.4 Å². The fourth-order valence-electron chi connectivity index (χ4n) is 3.15. The monoisotopic (exact) mass is 354 g/mol. The van der Waals surface area contributed by atoms with Crippen LogP contribution in [-0.2, 0) is 0 Å². The van der Waals surface area contributed by atoms with Crippen molar-refractivity contribution in [1.29, 1.82) is 0 Å². The Kier molecular flexibility index (Phi) is 6.77. The summed E-state index contributed by atoms with van der Waals surface area (Å²) in [5.74, 6) is 2.32. The number of hydrogen-bond donors (Lipinski definition) is 3. The van der Waals surface area contributed by atoms with E-state index in [1.807, 2.05) is 24.3 Å². The first-order valence-electron chi connectivity index (χ1n) is 9.76. The van der Waals surface area contributed by atoms with Gasteiger partial charge in [-0.15, -0.1) is 0 Å². The van der Waals surface area contributed by atoms with Crippen LogP contribution in [-0.4, -0.2) is 40.6 Å². The minimum Gasteiger partial charge on any atom is -0.370 e. The van der Waals surface area contributed by atoms with Crippen LogP contribution in [0, 0.1) is 5.92 Å². The maximum atomic E-state index is 4.66. The lowest BCUT2D eigenvalue weighted by atomic mass is 9.95. The van der Waals surface area contributed by atoms with Crippen molar-refractivity contribution in [3.05, 3.63) is 30.5 Å². The molecule has 26 heavy (non-hydrogen) atoms. The molecule has 6 heteroatoms. The van der Waals surface area contributed by atoms with E-state index < -0.39 is 0 Å². The molecule has 0 amide bonds. The van der Waals surface area contributed by atoms with E-state index in [0.29, 0.717) is 12.0 Å². The third-order valence-electron chi connectivity index (χ3n) is 4.96. The van der Waals surface area contributed by atoms with E-state index in [0.717, 1.165) is 49.2 Å². The molecular weight excluding hydrogens is 324 g/mol. The van der Waals surface area contributed by atoms with Crippen molar-refractivity contribution in [3.63, 3.8) is 0 Å². The molecule has 1 aliphatic heterocycles. The summed E-state index contributed by atoms with van der Waals surface area (Å²) in [7, 11) is 0. The maximum Gasteiger partial charge on any atom is 0.225 e. The Hall–Kier alpha value is -2.21. The standard InChI is InChI=1S/C20H30N6/c1-3-15(2)24-20-25-18(17-6-4-5-10-22-17)14-19(26-20)23-13-9-16-7-11-21-12-8-16/h4-6,10,14-16,21H,3,7-9,11-13H2,1-2H3,(H2,23,24,25,26)/t15-/m0/s1. The predicted octanol–water partition coefficient (Wildman–Crippen LogP) is 3.55. The molecule has 2 aromatic rings. The van der Waals surface area contributed by atoms with Crippen molar-refractivity contribution in [3.8, 4) is 11.4 Å². The van der Waals surface area contributed by atoms with Gasteiger partial charge in [-0.2, -0.15) is 4.98 Å². The van der Waals surface area contributed by atoms with Crippen molar-refractivity contribution in [2.24, 2.45) is 5.92 Å². The van der Waals surface area contributed by atoms with Gasteiger partial charge in [0.15, 0.2) is 0 Å². The number of nitrogens with one attached hydrogen (secondary N) is 3. The normalized spacial score (nSPS) is 16.2. The van der Waals surface area contributed by atoms with Gasteiger partial charge in [-0.1, -0.05) is 13.0 Å². The zero-order valence-corrected chi connectivity index (χ0v) is 15.8. The first kappa shape index (κ1) is 18.6. The molecule has 3 N–H and O–H groups in total. The summed E-state index contributed by atoms with van der Waals surface area (Å²) < 4.78 is 0. The fraction of sp³-hybridized carbons (Fsp3) is 0.550. The Bertz CT molecular complexity index is 669. The molecule has 0 radical (unpaired) electrons. The highest BCUT2D eigenvalue weighted by molar-refractivity contribution is 5.60. The van der Waals surface area contributed by atoms with Crippen LogP contribution in [0.15, 0.2) is 30.5 Å². The van der Waals surface area contributed by atoms with Crippen LogP contribution in [0.5, 0.6) is 0 Å². The van der Waals surface area contributed by atoms with Crippen LogP contribution in [0.3, 0.4) is 0 Å². The summed E-state index contributed by atoms with van der Waals surface area (Å²) >= 11 is 0. The lowest BCUT2D eigenvalue weighted by molar-refractivity contribution is 0.361.